The fraction of sp³-hybridized carbons (Fsp3) is 0.143. The van der Waals surface area contributed by atoms with E-state index < -0.39 is 0 Å². The lowest BCUT2D eigenvalue weighted by atomic mass is 10.2. The van der Waals surface area contributed by atoms with Crippen LogP contribution >= 0.6 is 34.2 Å². The standard InChI is InChI=1S/C14H12ClIN6O/c1-8-12(13(15)20-18-8)14(23)17-6-10-7-22(21-19-10)11-4-2-3-9(16)5-11/h2-5,7H,6H2,1H3,(H,17,23)(H,18,20). The molecule has 0 fully saturated rings. The van der Waals surface area contributed by atoms with Crippen molar-refractivity contribution in [3.63, 3.8) is 0 Å². The van der Waals surface area contributed by atoms with Gasteiger partial charge in [-0.3, -0.25) is 9.89 Å². The van der Waals surface area contributed by atoms with E-state index in [0.717, 1.165) is 9.26 Å². The van der Waals surface area contributed by atoms with Crippen molar-refractivity contribution in [2.24, 2.45) is 0 Å². The van der Waals surface area contributed by atoms with Gasteiger partial charge in [-0.05, 0) is 47.7 Å². The molecule has 1 aromatic carbocycles. The van der Waals surface area contributed by atoms with Crippen molar-refractivity contribution < 1.29 is 4.79 Å². The SMILES string of the molecule is Cc1[nH]nc(Cl)c1C(=O)NCc1cn(-c2cccc(I)c2)nn1. The van der Waals surface area contributed by atoms with E-state index in [4.69, 9.17) is 11.6 Å². The number of nitrogens with one attached hydrogen (secondary N) is 2. The Morgan fingerprint density at radius 3 is 3.00 bits per heavy atom. The molecule has 3 aromatic rings. The Morgan fingerprint density at radius 2 is 2.30 bits per heavy atom. The van der Waals surface area contributed by atoms with Gasteiger partial charge >= 0.3 is 0 Å². The van der Waals surface area contributed by atoms with E-state index in [2.05, 4.69) is 48.4 Å². The highest BCUT2D eigenvalue weighted by Crippen LogP contribution is 2.16. The van der Waals surface area contributed by atoms with E-state index in [1.54, 1.807) is 17.8 Å². The topological polar surface area (TPSA) is 88.5 Å². The molecule has 0 aliphatic carbocycles. The fourth-order valence-electron chi connectivity index (χ4n) is 2.05. The van der Waals surface area contributed by atoms with Crippen LogP contribution in [-0.2, 0) is 6.54 Å². The van der Waals surface area contributed by atoms with Crippen LogP contribution in [0.25, 0.3) is 5.69 Å². The molecule has 23 heavy (non-hydrogen) atoms. The number of carbonyl (C=O) groups is 1. The summed E-state index contributed by atoms with van der Waals surface area (Å²) in [4.78, 5) is 12.1. The number of aromatic amines is 1. The third-order valence-corrected chi connectivity index (χ3v) is 4.12. The predicted octanol–water partition coefficient (Wildman–Crippen LogP) is 2.49. The van der Waals surface area contributed by atoms with E-state index >= 15 is 0 Å². The van der Waals surface area contributed by atoms with Crippen LogP contribution in [0.1, 0.15) is 21.7 Å². The molecule has 0 saturated carbocycles. The number of nitrogens with zero attached hydrogens (tertiary/aromatic N) is 4. The summed E-state index contributed by atoms with van der Waals surface area (Å²) in [5, 5.41) is 17.5. The second kappa shape index (κ2) is 6.67. The van der Waals surface area contributed by atoms with Gasteiger partial charge in [0, 0.05) is 9.26 Å². The maximum absolute atomic E-state index is 12.1. The van der Waals surface area contributed by atoms with Crippen molar-refractivity contribution in [2.45, 2.75) is 13.5 Å². The lowest BCUT2D eigenvalue weighted by molar-refractivity contribution is 0.0950. The van der Waals surface area contributed by atoms with Crippen LogP contribution in [0, 0.1) is 10.5 Å². The molecule has 0 atom stereocenters. The first kappa shape index (κ1) is 15.9. The summed E-state index contributed by atoms with van der Waals surface area (Å²) >= 11 is 8.12. The van der Waals surface area contributed by atoms with Gasteiger partial charge in [0.25, 0.3) is 5.91 Å². The lowest BCUT2D eigenvalue weighted by Crippen LogP contribution is -2.23. The second-order valence-corrected chi connectivity index (χ2v) is 6.44. The number of hydrogen-bond donors (Lipinski definition) is 2. The van der Waals surface area contributed by atoms with Crippen LogP contribution < -0.4 is 5.32 Å². The van der Waals surface area contributed by atoms with E-state index in [1.165, 1.54) is 0 Å². The molecule has 0 radical (unpaired) electrons. The molecule has 2 aromatic heterocycles. The van der Waals surface area contributed by atoms with Crippen molar-refractivity contribution >= 4 is 40.1 Å². The number of halogens is 2. The molecule has 3 rings (SSSR count). The molecular formula is C14H12ClIN6O. The molecule has 0 aliphatic heterocycles. The smallest absolute Gasteiger partial charge is 0.256 e. The van der Waals surface area contributed by atoms with E-state index in [9.17, 15) is 4.79 Å². The minimum Gasteiger partial charge on any atom is -0.346 e. The highest BCUT2D eigenvalue weighted by molar-refractivity contribution is 14.1. The Balaban J connectivity index is 1.69. The molecule has 0 bridgehead atoms. The van der Waals surface area contributed by atoms with E-state index in [1.807, 2.05) is 24.3 Å². The van der Waals surface area contributed by atoms with Gasteiger partial charge in [0.2, 0.25) is 0 Å². The monoisotopic (exact) mass is 442 g/mol. The second-order valence-electron chi connectivity index (χ2n) is 4.83. The normalized spacial score (nSPS) is 10.7. The molecule has 0 saturated heterocycles. The highest BCUT2D eigenvalue weighted by Gasteiger charge is 2.16. The zero-order valence-electron chi connectivity index (χ0n) is 12.0. The molecule has 7 nitrogen and oxygen atoms in total. The first-order valence-electron chi connectivity index (χ1n) is 6.70. The van der Waals surface area contributed by atoms with Crippen molar-refractivity contribution in [3.05, 3.63) is 56.1 Å². The van der Waals surface area contributed by atoms with Gasteiger partial charge < -0.3 is 5.32 Å². The molecule has 1 amide bonds. The van der Waals surface area contributed by atoms with E-state index in [-0.39, 0.29) is 17.6 Å². The molecular weight excluding hydrogens is 431 g/mol. The summed E-state index contributed by atoms with van der Waals surface area (Å²) in [6.45, 7) is 1.99. The predicted molar refractivity (Wildman–Crippen MR) is 93.6 cm³/mol. The zero-order valence-corrected chi connectivity index (χ0v) is 15.0. The van der Waals surface area contributed by atoms with Gasteiger partial charge in [-0.15, -0.1) is 5.10 Å². The summed E-state index contributed by atoms with van der Waals surface area (Å²) in [5.41, 5.74) is 2.52. The van der Waals surface area contributed by atoms with Crippen molar-refractivity contribution in [1.82, 2.24) is 30.5 Å². The van der Waals surface area contributed by atoms with Gasteiger partial charge in [-0.2, -0.15) is 5.10 Å². The molecule has 0 spiro atoms. The number of aromatic nitrogens is 5. The number of carbonyl (C=O) groups excluding carboxylic acids is 1. The number of H-pyrrole nitrogens is 1. The number of rotatable bonds is 4. The Morgan fingerprint density at radius 1 is 1.48 bits per heavy atom. The van der Waals surface area contributed by atoms with Crippen LogP contribution in [-0.4, -0.2) is 31.1 Å². The number of benzene rings is 1. The lowest BCUT2D eigenvalue weighted by Gasteiger charge is -2.02. The summed E-state index contributed by atoms with van der Waals surface area (Å²) in [6, 6.07) is 7.88. The molecule has 2 heterocycles. The Kier molecular flexibility index (Phi) is 4.62. The van der Waals surface area contributed by atoms with Crippen molar-refractivity contribution in [1.29, 1.82) is 0 Å². The molecule has 118 valence electrons. The minimum atomic E-state index is -0.301. The molecule has 9 heteroatoms. The average molecular weight is 443 g/mol. The maximum Gasteiger partial charge on any atom is 0.256 e. The van der Waals surface area contributed by atoms with Gasteiger partial charge in [0.15, 0.2) is 5.15 Å². The minimum absolute atomic E-state index is 0.155. The number of amides is 1. The summed E-state index contributed by atoms with van der Waals surface area (Å²) in [7, 11) is 0. The van der Waals surface area contributed by atoms with Crippen LogP contribution in [0.15, 0.2) is 30.5 Å². The quantitative estimate of drug-likeness (QED) is 0.608. The van der Waals surface area contributed by atoms with Crippen LogP contribution in [0.3, 0.4) is 0 Å². The molecule has 0 aliphatic rings. The molecule has 0 unspecified atom stereocenters. The summed E-state index contributed by atoms with van der Waals surface area (Å²) in [6.07, 6.45) is 1.77. The van der Waals surface area contributed by atoms with Gasteiger partial charge in [-0.25, -0.2) is 4.68 Å². The van der Waals surface area contributed by atoms with Gasteiger partial charge in [0.1, 0.15) is 5.69 Å². The van der Waals surface area contributed by atoms with Gasteiger partial charge in [-0.1, -0.05) is 22.9 Å². The fourth-order valence-corrected chi connectivity index (χ4v) is 2.84. The van der Waals surface area contributed by atoms with E-state index in [0.29, 0.717) is 17.0 Å². The van der Waals surface area contributed by atoms with Gasteiger partial charge in [0.05, 0.1) is 24.0 Å². The Bertz CT molecular complexity index is 839. The summed E-state index contributed by atoms with van der Waals surface area (Å²) < 4.78 is 2.77. The van der Waals surface area contributed by atoms with Crippen molar-refractivity contribution in [3.8, 4) is 5.69 Å². The number of hydrogen-bond acceptors (Lipinski definition) is 4. The zero-order chi connectivity index (χ0) is 16.4. The van der Waals surface area contributed by atoms with Crippen LogP contribution in [0.2, 0.25) is 5.15 Å². The first-order valence-corrected chi connectivity index (χ1v) is 8.16. The van der Waals surface area contributed by atoms with Crippen LogP contribution in [0.5, 0.6) is 0 Å². The Hall–Kier alpha value is -1.94. The third kappa shape index (κ3) is 3.53. The molecule has 2 N–H and O–H groups in total. The highest BCUT2D eigenvalue weighted by atomic mass is 127. The average Bonchev–Trinajstić information content (AvgIpc) is 3.12. The number of aryl methyl sites for hydroxylation is 1. The maximum atomic E-state index is 12.1. The Labute approximate surface area is 150 Å². The third-order valence-electron chi connectivity index (χ3n) is 3.17. The summed E-state index contributed by atoms with van der Waals surface area (Å²) in [5.74, 6) is -0.301. The first-order chi connectivity index (χ1) is 11.0. The van der Waals surface area contributed by atoms with Crippen molar-refractivity contribution in [2.75, 3.05) is 0 Å². The largest absolute Gasteiger partial charge is 0.346 e. The van der Waals surface area contributed by atoms with Crippen LogP contribution in [0.4, 0.5) is 0 Å².